The highest BCUT2D eigenvalue weighted by atomic mass is 79.9. The minimum atomic E-state index is -0.240. The van der Waals surface area contributed by atoms with E-state index < -0.39 is 0 Å². The third kappa shape index (κ3) is 3.88. The van der Waals surface area contributed by atoms with E-state index in [1.54, 1.807) is 12.3 Å². The van der Waals surface area contributed by atoms with Crippen LogP contribution in [0.3, 0.4) is 0 Å². The molecule has 1 aliphatic heterocycles. The fourth-order valence-electron chi connectivity index (χ4n) is 2.80. The van der Waals surface area contributed by atoms with Crippen molar-refractivity contribution >= 4 is 44.5 Å². The van der Waals surface area contributed by atoms with Gasteiger partial charge in [0.05, 0.1) is 12.8 Å². The topological polar surface area (TPSA) is 72.0 Å². The van der Waals surface area contributed by atoms with Crippen LogP contribution in [0.1, 0.15) is 5.56 Å². The Morgan fingerprint density at radius 1 is 1.11 bits per heavy atom. The number of hydrogen-bond donors (Lipinski definition) is 2. The summed E-state index contributed by atoms with van der Waals surface area (Å²) in [5, 5.41) is 9.35. The third-order valence-electron chi connectivity index (χ3n) is 4.11. The predicted molar refractivity (Wildman–Crippen MR) is 108 cm³/mol. The first-order valence-corrected chi connectivity index (χ1v) is 9.13. The van der Waals surface area contributed by atoms with Gasteiger partial charge in [0.15, 0.2) is 11.5 Å². The summed E-state index contributed by atoms with van der Waals surface area (Å²) in [6, 6.07) is 17.6. The minimum Gasteiger partial charge on any atom is -0.454 e. The molecule has 0 bridgehead atoms. The molecule has 0 atom stereocenters. The molecular formula is C20H16BrN3O3. The molecule has 0 unspecified atom stereocenters. The zero-order chi connectivity index (χ0) is 18.6. The maximum absolute atomic E-state index is 12.1. The van der Waals surface area contributed by atoms with Crippen molar-refractivity contribution in [3.05, 3.63) is 64.6 Å². The summed E-state index contributed by atoms with van der Waals surface area (Å²) < 4.78 is 11.5. The molecule has 7 heteroatoms. The fourth-order valence-corrected chi connectivity index (χ4v) is 3.22. The molecule has 136 valence electrons. The number of carbonyl (C=O) groups excluding carboxylic acids is 1. The molecule has 1 heterocycles. The van der Waals surface area contributed by atoms with Gasteiger partial charge in [-0.15, -0.1) is 0 Å². The Kier molecular flexibility index (Phi) is 4.93. The van der Waals surface area contributed by atoms with Crippen LogP contribution in [0.25, 0.3) is 10.8 Å². The third-order valence-corrected chi connectivity index (χ3v) is 4.80. The van der Waals surface area contributed by atoms with E-state index in [4.69, 9.17) is 9.47 Å². The molecule has 0 saturated carbocycles. The van der Waals surface area contributed by atoms with Gasteiger partial charge in [-0.05, 0) is 39.5 Å². The highest BCUT2D eigenvalue weighted by Gasteiger charge is 2.15. The molecule has 3 aromatic carbocycles. The summed E-state index contributed by atoms with van der Waals surface area (Å²) in [4.78, 5) is 12.1. The van der Waals surface area contributed by atoms with Gasteiger partial charge in [0.1, 0.15) is 0 Å². The number of ether oxygens (including phenoxy) is 2. The number of carbonyl (C=O) groups is 1. The maximum Gasteiger partial charge on any atom is 0.259 e. The summed E-state index contributed by atoms with van der Waals surface area (Å²) >= 11 is 3.45. The average Bonchev–Trinajstić information content (AvgIpc) is 3.13. The summed E-state index contributed by atoms with van der Waals surface area (Å²) in [6.45, 7) is 0.326. The molecule has 0 saturated heterocycles. The van der Waals surface area contributed by atoms with Crippen LogP contribution >= 0.6 is 15.9 Å². The Labute approximate surface area is 164 Å². The van der Waals surface area contributed by atoms with Crippen LogP contribution in [0.5, 0.6) is 11.5 Å². The Morgan fingerprint density at radius 2 is 1.89 bits per heavy atom. The number of halogens is 1. The van der Waals surface area contributed by atoms with E-state index >= 15 is 0 Å². The van der Waals surface area contributed by atoms with Crippen molar-refractivity contribution in [1.29, 1.82) is 0 Å². The van der Waals surface area contributed by atoms with Gasteiger partial charge in [-0.25, -0.2) is 5.43 Å². The number of nitrogens with zero attached hydrogens (tertiary/aromatic N) is 1. The van der Waals surface area contributed by atoms with Crippen LogP contribution in [-0.4, -0.2) is 25.5 Å². The van der Waals surface area contributed by atoms with Crippen molar-refractivity contribution in [2.24, 2.45) is 5.10 Å². The van der Waals surface area contributed by atoms with E-state index in [0.29, 0.717) is 11.5 Å². The van der Waals surface area contributed by atoms with E-state index in [0.717, 1.165) is 26.5 Å². The number of anilines is 1. The number of hydrogen-bond acceptors (Lipinski definition) is 5. The summed E-state index contributed by atoms with van der Waals surface area (Å²) in [6.07, 6.45) is 1.56. The quantitative estimate of drug-likeness (QED) is 0.480. The molecule has 0 radical (unpaired) electrons. The van der Waals surface area contributed by atoms with E-state index in [9.17, 15) is 4.79 Å². The second-order valence-electron chi connectivity index (χ2n) is 5.90. The second kappa shape index (κ2) is 7.67. The predicted octanol–water partition coefficient (Wildman–Crippen LogP) is 3.89. The Bertz CT molecular complexity index is 1030. The zero-order valence-electron chi connectivity index (χ0n) is 14.2. The van der Waals surface area contributed by atoms with Crippen molar-refractivity contribution < 1.29 is 14.3 Å². The van der Waals surface area contributed by atoms with Gasteiger partial charge in [-0.2, -0.15) is 5.10 Å². The lowest BCUT2D eigenvalue weighted by Crippen LogP contribution is -2.25. The van der Waals surface area contributed by atoms with E-state index in [-0.39, 0.29) is 19.2 Å². The number of hydrazone groups is 1. The summed E-state index contributed by atoms with van der Waals surface area (Å²) in [7, 11) is 0. The van der Waals surface area contributed by atoms with Gasteiger partial charge >= 0.3 is 0 Å². The fraction of sp³-hybridized carbons (Fsp3) is 0.100. The second-order valence-corrected chi connectivity index (χ2v) is 6.75. The van der Waals surface area contributed by atoms with E-state index in [2.05, 4.69) is 31.8 Å². The number of nitrogens with one attached hydrogen (secondary N) is 2. The molecule has 1 aliphatic rings. The molecule has 2 N–H and O–H groups in total. The lowest BCUT2D eigenvalue weighted by molar-refractivity contribution is -0.119. The lowest BCUT2D eigenvalue weighted by Gasteiger charge is -2.08. The van der Waals surface area contributed by atoms with Gasteiger partial charge in [0, 0.05) is 21.1 Å². The maximum atomic E-state index is 12.1. The molecule has 0 aromatic heterocycles. The molecule has 27 heavy (non-hydrogen) atoms. The van der Waals surface area contributed by atoms with Gasteiger partial charge in [0.2, 0.25) is 6.79 Å². The first-order valence-electron chi connectivity index (χ1n) is 8.33. The number of amides is 1. The standard InChI is InChI=1S/C20H16BrN3O3/c21-16-9-19-18(26-12-27-19)8-14(16)10-23-24-20(25)11-22-17-7-3-5-13-4-1-2-6-15(13)17/h1-10,22H,11-12H2,(H,24,25)/b23-10+. The average molecular weight is 426 g/mol. The molecule has 4 rings (SSSR count). The molecular weight excluding hydrogens is 410 g/mol. The van der Waals surface area contributed by atoms with E-state index in [1.807, 2.05) is 48.5 Å². The van der Waals surface area contributed by atoms with Crippen molar-refractivity contribution in [2.45, 2.75) is 0 Å². The normalized spacial score (nSPS) is 12.5. The van der Waals surface area contributed by atoms with Crippen molar-refractivity contribution in [3.63, 3.8) is 0 Å². The molecule has 0 aliphatic carbocycles. The first-order chi connectivity index (χ1) is 13.2. The van der Waals surface area contributed by atoms with E-state index in [1.165, 1.54) is 0 Å². The monoisotopic (exact) mass is 425 g/mol. The minimum absolute atomic E-state index is 0.119. The van der Waals surface area contributed by atoms with Crippen LogP contribution in [0.4, 0.5) is 5.69 Å². The molecule has 0 spiro atoms. The molecule has 3 aromatic rings. The Hall–Kier alpha value is -3.06. The first kappa shape index (κ1) is 17.4. The van der Waals surface area contributed by atoms with Gasteiger partial charge in [-0.1, -0.05) is 36.4 Å². The van der Waals surface area contributed by atoms with Crippen LogP contribution in [0.2, 0.25) is 0 Å². The lowest BCUT2D eigenvalue weighted by atomic mass is 10.1. The highest BCUT2D eigenvalue weighted by Crippen LogP contribution is 2.36. The van der Waals surface area contributed by atoms with Crippen LogP contribution in [-0.2, 0) is 4.79 Å². The van der Waals surface area contributed by atoms with Crippen molar-refractivity contribution in [1.82, 2.24) is 5.43 Å². The largest absolute Gasteiger partial charge is 0.454 e. The Morgan fingerprint density at radius 3 is 2.78 bits per heavy atom. The van der Waals surface area contributed by atoms with Gasteiger partial charge in [0.25, 0.3) is 5.91 Å². The molecule has 1 amide bonds. The molecule has 6 nitrogen and oxygen atoms in total. The van der Waals surface area contributed by atoms with Gasteiger partial charge < -0.3 is 14.8 Å². The van der Waals surface area contributed by atoms with Crippen LogP contribution in [0.15, 0.2) is 64.2 Å². The van der Waals surface area contributed by atoms with Crippen LogP contribution < -0.4 is 20.2 Å². The highest BCUT2D eigenvalue weighted by molar-refractivity contribution is 9.10. The smallest absolute Gasteiger partial charge is 0.259 e. The summed E-state index contributed by atoms with van der Waals surface area (Å²) in [5.74, 6) is 1.10. The Balaban J connectivity index is 1.37. The van der Waals surface area contributed by atoms with Crippen LogP contribution in [0, 0.1) is 0 Å². The van der Waals surface area contributed by atoms with Gasteiger partial charge in [-0.3, -0.25) is 4.79 Å². The number of fused-ring (bicyclic) bond motifs is 2. The molecule has 0 fully saturated rings. The zero-order valence-corrected chi connectivity index (χ0v) is 15.8. The van der Waals surface area contributed by atoms with Crippen molar-refractivity contribution in [2.75, 3.05) is 18.7 Å². The van der Waals surface area contributed by atoms with Crippen molar-refractivity contribution in [3.8, 4) is 11.5 Å². The number of rotatable bonds is 5. The summed E-state index contributed by atoms with van der Waals surface area (Å²) in [5.41, 5.74) is 4.21. The SMILES string of the molecule is O=C(CNc1cccc2ccccc12)N/N=C/c1cc2c(cc1Br)OCO2. The number of benzene rings is 3.